The van der Waals surface area contributed by atoms with Gasteiger partial charge in [-0.25, -0.2) is 4.98 Å². The number of imidazole rings is 1. The summed E-state index contributed by atoms with van der Waals surface area (Å²) in [5.74, 6) is 2.27. The molecule has 114 valence electrons. The van der Waals surface area contributed by atoms with E-state index in [1.807, 2.05) is 29.2 Å². The fourth-order valence-corrected chi connectivity index (χ4v) is 3.46. The Labute approximate surface area is 130 Å². The minimum absolute atomic E-state index is 0.207. The molecule has 2 fully saturated rings. The number of allylic oxidation sites excluding steroid dienone is 1. The molecule has 22 heavy (non-hydrogen) atoms. The SMILES string of the molecule is C=CCn1c(C2CC(=O)N(CC3CC3)C2)nc2ccccc21. The van der Waals surface area contributed by atoms with Crippen molar-refractivity contribution in [1.82, 2.24) is 14.5 Å². The van der Waals surface area contributed by atoms with Crippen molar-refractivity contribution in [2.24, 2.45) is 5.92 Å². The largest absolute Gasteiger partial charge is 0.342 e. The summed E-state index contributed by atoms with van der Waals surface area (Å²) >= 11 is 0. The maximum absolute atomic E-state index is 12.3. The summed E-state index contributed by atoms with van der Waals surface area (Å²) in [6.07, 6.45) is 5.05. The molecule has 1 saturated carbocycles. The van der Waals surface area contributed by atoms with Crippen LogP contribution >= 0.6 is 0 Å². The van der Waals surface area contributed by atoms with E-state index in [2.05, 4.69) is 17.2 Å². The van der Waals surface area contributed by atoms with E-state index in [4.69, 9.17) is 4.98 Å². The van der Waals surface area contributed by atoms with Gasteiger partial charge >= 0.3 is 0 Å². The highest BCUT2D eigenvalue weighted by molar-refractivity contribution is 5.81. The van der Waals surface area contributed by atoms with Gasteiger partial charge in [0, 0.05) is 32.0 Å². The summed E-state index contributed by atoms with van der Waals surface area (Å²) in [5, 5.41) is 0. The van der Waals surface area contributed by atoms with Crippen LogP contribution in [0.2, 0.25) is 0 Å². The summed E-state index contributed by atoms with van der Waals surface area (Å²) in [6.45, 7) is 6.36. The smallest absolute Gasteiger partial charge is 0.223 e. The van der Waals surface area contributed by atoms with Crippen LogP contribution in [0.3, 0.4) is 0 Å². The molecule has 4 nitrogen and oxygen atoms in total. The van der Waals surface area contributed by atoms with Crippen molar-refractivity contribution in [1.29, 1.82) is 0 Å². The lowest BCUT2D eigenvalue weighted by Crippen LogP contribution is -2.27. The average molecular weight is 295 g/mol. The molecule has 4 heteroatoms. The van der Waals surface area contributed by atoms with Gasteiger partial charge in [-0.3, -0.25) is 4.79 Å². The lowest BCUT2D eigenvalue weighted by Gasteiger charge is -2.16. The van der Waals surface area contributed by atoms with Crippen LogP contribution in [0.5, 0.6) is 0 Å². The molecule has 0 spiro atoms. The second-order valence-corrected chi connectivity index (χ2v) is 6.50. The van der Waals surface area contributed by atoms with E-state index in [0.29, 0.717) is 6.42 Å². The molecule has 2 aliphatic rings. The Morgan fingerprint density at radius 2 is 2.14 bits per heavy atom. The predicted molar refractivity (Wildman–Crippen MR) is 86.6 cm³/mol. The minimum Gasteiger partial charge on any atom is -0.342 e. The van der Waals surface area contributed by atoms with Crippen LogP contribution in [0.15, 0.2) is 36.9 Å². The van der Waals surface area contributed by atoms with Gasteiger partial charge in [-0.05, 0) is 30.9 Å². The quantitative estimate of drug-likeness (QED) is 0.795. The fourth-order valence-electron chi connectivity index (χ4n) is 3.46. The van der Waals surface area contributed by atoms with E-state index in [1.54, 1.807) is 0 Å². The average Bonchev–Trinajstić information content (AvgIpc) is 3.16. The maximum atomic E-state index is 12.3. The number of amides is 1. The third kappa shape index (κ3) is 2.32. The van der Waals surface area contributed by atoms with Crippen molar-refractivity contribution in [2.45, 2.75) is 31.7 Å². The van der Waals surface area contributed by atoms with Crippen LogP contribution in [0.4, 0.5) is 0 Å². The van der Waals surface area contributed by atoms with E-state index < -0.39 is 0 Å². The molecule has 2 aromatic rings. The van der Waals surface area contributed by atoms with Crippen molar-refractivity contribution in [3.05, 3.63) is 42.7 Å². The van der Waals surface area contributed by atoms with Gasteiger partial charge in [0.15, 0.2) is 0 Å². The zero-order chi connectivity index (χ0) is 15.1. The molecule has 1 amide bonds. The van der Waals surface area contributed by atoms with Crippen LogP contribution in [-0.4, -0.2) is 33.4 Å². The number of nitrogens with zero attached hydrogens (tertiary/aromatic N) is 3. The summed E-state index contributed by atoms with van der Waals surface area (Å²) in [6, 6.07) is 8.17. The second-order valence-electron chi connectivity index (χ2n) is 6.50. The second kappa shape index (κ2) is 5.27. The molecule has 1 atom stereocenters. The first-order valence-corrected chi connectivity index (χ1v) is 8.10. The molecule has 1 aliphatic heterocycles. The van der Waals surface area contributed by atoms with Crippen LogP contribution < -0.4 is 0 Å². The summed E-state index contributed by atoms with van der Waals surface area (Å²) in [4.78, 5) is 19.1. The highest BCUT2D eigenvalue weighted by Crippen LogP contribution is 2.35. The number of hydrogen-bond donors (Lipinski definition) is 0. The Morgan fingerprint density at radius 3 is 2.91 bits per heavy atom. The molecule has 4 rings (SSSR count). The van der Waals surface area contributed by atoms with Gasteiger partial charge in [0.25, 0.3) is 0 Å². The van der Waals surface area contributed by atoms with E-state index in [9.17, 15) is 4.79 Å². The number of para-hydroxylation sites is 2. The van der Waals surface area contributed by atoms with Crippen molar-refractivity contribution >= 4 is 16.9 Å². The Kier molecular flexibility index (Phi) is 3.25. The Bertz CT molecular complexity index is 729. The molecule has 1 aromatic carbocycles. The number of benzene rings is 1. The number of fused-ring (bicyclic) bond motifs is 1. The van der Waals surface area contributed by atoms with Gasteiger partial charge in [0.05, 0.1) is 11.0 Å². The number of likely N-dealkylation sites (tertiary alicyclic amines) is 1. The van der Waals surface area contributed by atoms with Gasteiger partial charge < -0.3 is 9.47 Å². The number of carbonyl (C=O) groups excluding carboxylic acids is 1. The highest BCUT2D eigenvalue weighted by atomic mass is 16.2. The van der Waals surface area contributed by atoms with Crippen LogP contribution in [0, 0.1) is 5.92 Å². The monoisotopic (exact) mass is 295 g/mol. The maximum Gasteiger partial charge on any atom is 0.223 e. The van der Waals surface area contributed by atoms with E-state index in [0.717, 1.165) is 42.4 Å². The third-order valence-corrected chi connectivity index (χ3v) is 4.75. The molecule has 1 aliphatic carbocycles. The number of hydrogen-bond acceptors (Lipinski definition) is 2. The van der Waals surface area contributed by atoms with Crippen molar-refractivity contribution in [2.75, 3.05) is 13.1 Å². The molecule has 0 radical (unpaired) electrons. The first-order valence-electron chi connectivity index (χ1n) is 8.10. The zero-order valence-electron chi connectivity index (χ0n) is 12.7. The molecule has 1 aromatic heterocycles. The van der Waals surface area contributed by atoms with Crippen molar-refractivity contribution in [3.63, 3.8) is 0 Å². The van der Waals surface area contributed by atoms with E-state index >= 15 is 0 Å². The normalized spacial score (nSPS) is 21.7. The van der Waals surface area contributed by atoms with Crippen molar-refractivity contribution < 1.29 is 4.79 Å². The molecule has 1 unspecified atom stereocenters. The summed E-state index contributed by atoms with van der Waals surface area (Å²) < 4.78 is 2.21. The standard InChI is InChI=1S/C18H21N3O/c1-2-9-21-16-6-4-3-5-15(16)19-18(21)14-10-17(22)20(12-14)11-13-7-8-13/h2-6,13-14H,1,7-12H2. The Hall–Kier alpha value is -2.10. The molecular weight excluding hydrogens is 274 g/mol. The molecule has 0 bridgehead atoms. The van der Waals surface area contributed by atoms with E-state index in [-0.39, 0.29) is 11.8 Å². The van der Waals surface area contributed by atoms with Gasteiger partial charge in [-0.15, -0.1) is 6.58 Å². The predicted octanol–water partition coefficient (Wildman–Crippen LogP) is 2.95. The van der Waals surface area contributed by atoms with Crippen LogP contribution in [0.1, 0.15) is 31.0 Å². The van der Waals surface area contributed by atoms with Crippen LogP contribution in [0.25, 0.3) is 11.0 Å². The first kappa shape index (κ1) is 13.6. The first-order chi connectivity index (χ1) is 10.8. The molecule has 1 saturated heterocycles. The van der Waals surface area contributed by atoms with Gasteiger partial charge in [-0.2, -0.15) is 0 Å². The molecular formula is C18H21N3O. The summed E-state index contributed by atoms with van der Waals surface area (Å²) in [5.41, 5.74) is 2.14. The number of aromatic nitrogens is 2. The summed E-state index contributed by atoms with van der Waals surface area (Å²) in [7, 11) is 0. The fraction of sp³-hybridized carbons (Fsp3) is 0.444. The minimum atomic E-state index is 0.207. The third-order valence-electron chi connectivity index (χ3n) is 4.75. The van der Waals surface area contributed by atoms with Crippen LogP contribution in [-0.2, 0) is 11.3 Å². The lowest BCUT2D eigenvalue weighted by molar-refractivity contribution is -0.127. The number of carbonyl (C=O) groups is 1. The molecule has 0 N–H and O–H groups in total. The van der Waals surface area contributed by atoms with E-state index in [1.165, 1.54) is 12.8 Å². The van der Waals surface area contributed by atoms with Gasteiger partial charge in [-0.1, -0.05) is 18.2 Å². The van der Waals surface area contributed by atoms with Gasteiger partial charge in [0.1, 0.15) is 5.82 Å². The zero-order valence-corrected chi connectivity index (χ0v) is 12.7. The van der Waals surface area contributed by atoms with Crippen molar-refractivity contribution in [3.8, 4) is 0 Å². The lowest BCUT2D eigenvalue weighted by atomic mass is 10.1. The Balaban J connectivity index is 1.66. The number of rotatable bonds is 5. The topological polar surface area (TPSA) is 38.1 Å². The van der Waals surface area contributed by atoms with Gasteiger partial charge in [0.2, 0.25) is 5.91 Å². The Morgan fingerprint density at radius 1 is 1.32 bits per heavy atom. The highest BCUT2D eigenvalue weighted by Gasteiger charge is 2.36. The molecule has 2 heterocycles.